The molecule has 15 heteroatoms. The van der Waals surface area contributed by atoms with Crippen LogP contribution in [0.15, 0.2) is 42.9 Å². The third kappa shape index (κ3) is 6.53. The van der Waals surface area contributed by atoms with Crippen molar-refractivity contribution >= 4 is 25.0 Å². The van der Waals surface area contributed by atoms with Crippen LogP contribution in [-0.4, -0.2) is 74.8 Å². The van der Waals surface area contributed by atoms with Crippen molar-refractivity contribution in [3.05, 3.63) is 48.5 Å². The van der Waals surface area contributed by atoms with Gasteiger partial charge in [-0.05, 0) is 46.8 Å². The monoisotopic (exact) mass is 590 g/mol. The van der Waals surface area contributed by atoms with Crippen LogP contribution < -0.4 is 15.3 Å². The lowest BCUT2D eigenvalue weighted by molar-refractivity contribution is -0.192. The molecule has 14 nitrogen and oxygen atoms in total. The topological polar surface area (TPSA) is 171 Å². The van der Waals surface area contributed by atoms with Gasteiger partial charge in [0.25, 0.3) is 0 Å². The van der Waals surface area contributed by atoms with Gasteiger partial charge in [0.1, 0.15) is 48.9 Å². The van der Waals surface area contributed by atoms with E-state index in [2.05, 4.69) is 20.2 Å². The first-order chi connectivity index (χ1) is 19.4. The fraction of sp³-hybridized carbons (Fsp3) is 0.538. The van der Waals surface area contributed by atoms with Crippen molar-refractivity contribution in [1.82, 2.24) is 24.7 Å². The zero-order valence-electron chi connectivity index (χ0n) is 23.5. The van der Waals surface area contributed by atoms with Crippen molar-refractivity contribution in [2.24, 2.45) is 0 Å². The van der Waals surface area contributed by atoms with Gasteiger partial charge in [-0.3, -0.25) is 9.36 Å². The number of ether oxygens (including phenoxy) is 5. The molecule has 6 atom stereocenters. The Morgan fingerprint density at radius 2 is 1.90 bits per heavy atom. The van der Waals surface area contributed by atoms with Crippen molar-refractivity contribution in [3.63, 3.8) is 0 Å². The Balaban J connectivity index is 1.31. The molecule has 1 unspecified atom stereocenters. The van der Waals surface area contributed by atoms with Gasteiger partial charge in [0.2, 0.25) is 0 Å². The Morgan fingerprint density at radius 1 is 1.17 bits per heavy atom. The Labute approximate surface area is 237 Å². The molecule has 0 spiro atoms. The van der Waals surface area contributed by atoms with Crippen LogP contribution in [0.1, 0.15) is 46.4 Å². The third-order valence-corrected chi connectivity index (χ3v) is 8.24. The first-order valence-corrected chi connectivity index (χ1v) is 15.1. The Bertz CT molecular complexity index is 1420. The van der Waals surface area contributed by atoms with E-state index in [0.29, 0.717) is 17.1 Å². The molecule has 2 aliphatic heterocycles. The summed E-state index contributed by atoms with van der Waals surface area (Å²) in [6.07, 6.45) is 0.0858. The highest BCUT2D eigenvalue weighted by Gasteiger charge is 2.56. The number of hydrogen-bond acceptors (Lipinski definition) is 12. The summed E-state index contributed by atoms with van der Waals surface area (Å²) in [5, 5.41) is 7.06. The normalized spacial score (nSPS) is 25.6. The molecule has 0 radical (unpaired) electrons. The number of fused-ring (bicyclic) bond motifs is 2. The lowest BCUT2D eigenvalue weighted by atomic mass is 10.1. The molecule has 41 heavy (non-hydrogen) atoms. The summed E-state index contributed by atoms with van der Waals surface area (Å²) in [5.41, 5.74) is 6.97. The molecule has 0 bridgehead atoms. The number of esters is 1. The first kappa shape index (κ1) is 29.4. The van der Waals surface area contributed by atoms with E-state index in [1.54, 1.807) is 55.7 Å². The smallest absolute Gasteiger partial charge is 0.342 e. The summed E-state index contributed by atoms with van der Waals surface area (Å²) in [6.45, 7) is 8.66. The quantitative estimate of drug-likeness (QED) is 0.247. The van der Waals surface area contributed by atoms with Crippen LogP contribution in [-0.2, 0) is 33.0 Å². The predicted octanol–water partition coefficient (Wildman–Crippen LogP) is 2.84. The molecular formula is C26H35N6O8P. The van der Waals surface area contributed by atoms with E-state index >= 15 is 0 Å². The van der Waals surface area contributed by atoms with Gasteiger partial charge >= 0.3 is 13.5 Å². The predicted molar refractivity (Wildman–Crippen MR) is 146 cm³/mol. The number of para-hydroxylation sites is 1. The fourth-order valence-electron chi connectivity index (χ4n) is 4.81. The number of rotatable bonds is 11. The summed E-state index contributed by atoms with van der Waals surface area (Å²) in [6, 6.07) is 7.73. The minimum atomic E-state index is -3.75. The summed E-state index contributed by atoms with van der Waals surface area (Å²) in [7, 11) is -3.75. The van der Waals surface area contributed by atoms with E-state index in [1.165, 1.54) is 6.33 Å². The molecule has 222 valence electrons. The molecule has 0 saturated carbocycles. The van der Waals surface area contributed by atoms with Crippen molar-refractivity contribution in [2.45, 2.75) is 77.0 Å². The van der Waals surface area contributed by atoms with Crippen LogP contribution in [0.5, 0.6) is 5.75 Å². The van der Waals surface area contributed by atoms with Gasteiger partial charge in [-0.15, -0.1) is 0 Å². The van der Waals surface area contributed by atoms with Crippen molar-refractivity contribution < 1.29 is 37.6 Å². The second kappa shape index (κ2) is 11.6. The molecule has 0 aliphatic carbocycles. The fourth-order valence-corrected chi connectivity index (χ4v) is 6.50. The van der Waals surface area contributed by atoms with E-state index in [4.69, 9.17) is 33.9 Å². The number of nitrogens with one attached hydrogen (secondary N) is 1. The first-order valence-electron chi connectivity index (χ1n) is 13.3. The van der Waals surface area contributed by atoms with Crippen LogP contribution in [0.4, 0.5) is 5.82 Å². The molecule has 5 rings (SSSR count). The van der Waals surface area contributed by atoms with E-state index in [9.17, 15) is 9.36 Å². The molecule has 3 aromatic rings. The summed E-state index contributed by atoms with van der Waals surface area (Å²) < 4.78 is 51.2. The van der Waals surface area contributed by atoms with Crippen molar-refractivity contribution in [2.75, 3.05) is 18.7 Å². The Morgan fingerprint density at radius 3 is 2.63 bits per heavy atom. The number of carbonyl (C=O) groups excluding carboxylic acids is 1. The molecule has 1 aromatic carbocycles. The van der Waals surface area contributed by atoms with Crippen molar-refractivity contribution in [3.8, 4) is 5.75 Å². The number of hydrogen-bond donors (Lipinski definition) is 2. The molecular weight excluding hydrogens is 555 g/mol. The van der Waals surface area contributed by atoms with Gasteiger partial charge in [-0.2, -0.15) is 5.10 Å². The molecule has 2 fully saturated rings. The number of nitrogen functional groups attached to an aromatic ring is 1. The van der Waals surface area contributed by atoms with E-state index < -0.39 is 49.7 Å². The highest BCUT2D eigenvalue weighted by atomic mass is 31.2. The Hall–Kier alpha value is -3.13. The molecule has 4 heterocycles. The summed E-state index contributed by atoms with van der Waals surface area (Å²) in [4.78, 5) is 20.8. The van der Waals surface area contributed by atoms with Gasteiger partial charge in [-0.1, -0.05) is 18.2 Å². The second-order valence-corrected chi connectivity index (χ2v) is 12.7. The number of carbonyl (C=O) groups is 1. The molecule has 2 saturated heterocycles. The highest BCUT2D eigenvalue weighted by Crippen LogP contribution is 2.47. The lowest BCUT2D eigenvalue weighted by Gasteiger charge is -2.26. The molecule has 2 aromatic heterocycles. The minimum Gasteiger partial charge on any atom is -0.462 e. The van der Waals surface area contributed by atoms with Gasteiger partial charge in [0, 0.05) is 0 Å². The van der Waals surface area contributed by atoms with E-state index in [0.717, 1.165) is 0 Å². The van der Waals surface area contributed by atoms with Crippen LogP contribution in [0, 0.1) is 0 Å². The average molecular weight is 591 g/mol. The number of nitrogens with two attached hydrogens (primary N) is 1. The average Bonchev–Trinajstić information content (AvgIpc) is 3.56. The molecule has 2 aliphatic rings. The highest BCUT2D eigenvalue weighted by molar-refractivity contribution is 7.57. The standard InChI is InChI=1S/C26H35N6O8P/c1-15(2)36-25(33)16(3)31-41(34,40-17-9-7-6-8-10-17)14-35-12-19-21-22(39-26(4,5)38-21)20(37-19)18-11-28-24-23(27)29-13-30-32(18)24/h6-11,13,15-16,19-22H,12,14H2,1-5H3,(H,31,34)(H2,27,29,30)/t16-,19+,20-,21+,22-,41?/m0/s1. The van der Waals surface area contributed by atoms with Gasteiger partial charge in [0.15, 0.2) is 17.3 Å². The van der Waals surface area contributed by atoms with Crippen LogP contribution in [0.25, 0.3) is 5.65 Å². The maximum Gasteiger partial charge on any atom is 0.342 e. The summed E-state index contributed by atoms with van der Waals surface area (Å²) >= 11 is 0. The number of nitrogens with zero attached hydrogens (tertiary/aromatic N) is 4. The lowest BCUT2D eigenvalue weighted by Crippen LogP contribution is -2.37. The number of aromatic nitrogens is 4. The van der Waals surface area contributed by atoms with Gasteiger partial charge < -0.3 is 33.9 Å². The third-order valence-electron chi connectivity index (χ3n) is 6.43. The zero-order chi connectivity index (χ0) is 29.4. The van der Waals surface area contributed by atoms with Crippen LogP contribution in [0.2, 0.25) is 0 Å². The minimum absolute atomic E-state index is 0.000390. The number of benzene rings is 1. The van der Waals surface area contributed by atoms with Crippen LogP contribution in [0.3, 0.4) is 0 Å². The van der Waals surface area contributed by atoms with Crippen LogP contribution >= 0.6 is 7.52 Å². The Kier molecular flexibility index (Phi) is 8.33. The van der Waals surface area contributed by atoms with E-state index in [-0.39, 0.29) is 24.9 Å². The largest absolute Gasteiger partial charge is 0.462 e. The zero-order valence-corrected chi connectivity index (χ0v) is 24.4. The van der Waals surface area contributed by atoms with Gasteiger partial charge in [-0.25, -0.2) is 19.6 Å². The summed E-state index contributed by atoms with van der Waals surface area (Å²) in [5.74, 6) is -0.837. The second-order valence-electron chi connectivity index (χ2n) is 10.6. The van der Waals surface area contributed by atoms with Gasteiger partial charge in [0.05, 0.1) is 24.6 Å². The van der Waals surface area contributed by atoms with Crippen molar-refractivity contribution in [1.29, 1.82) is 0 Å². The number of anilines is 1. The number of imidazole rings is 1. The van der Waals surface area contributed by atoms with E-state index in [1.807, 2.05) is 19.9 Å². The maximum absolute atomic E-state index is 13.9. The maximum atomic E-state index is 13.9. The SMILES string of the molecule is CC(C)OC(=O)[C@H](C)NP(=O)(COC[C@H]1O[C@@H](c2cnc3c(N)ncnn23)[C@@H]2OC(C)(C)O[C@@H]21)Oc1ccccc1. The molecule has 3 N–H and O–H groups in total. The molecule has 0 amide bonds.